The standard InChI is InChI=1S/C11H21NO/c1-11(2,3)10-7-12-6-9(13-10)8-4-5-8/h8-10,12H,4-7H2,1-3H3. The van der Waals surface area contributed by atoms with Crippen LogP contribution in [0.25, 0.3) is 0 Å². The van der Waals surface area contributed by atoms with Gasteiger partial charge in [-0.3, -0.25) is 0 Å². The van der Waals surface area contributed by atoms with Crippen molar-refractivity contribution < 1.29 is 4.74 Å². The first-order chi connectivity index (χ1) is 6.07. The van der Waals surface area contributed by atoms with Gasteiger partial charge in [0.2, 0.25) is 0 Å². The van der Waals surface area contributed by atoms with Gasteiger partial charge in [-0.2, -0.15) is 0 Å². The van der Waals surface area contributed by atoms with Gasteiger partial charge >= 0.3 is 0 Å². The van der Waals surface area contributed by atoms with Crippen molar-refractivity contribution in [2.45, 2.75) is 45.8 Å². The van der Waals surface area contributed by atoms with Crippen molar-refractivity contribution in [3.63, 3.8) is 0 Å². The molecule has 2 nitrogen and oxygen atoms in total. The number of rotatable bonds is 1. The number of hydrogen-bond donors (Lipinski definition) is 1. The van der Waals surface area contributed by atoms with E-state index in [0.717, 1.165) is 19.0 Å². The Morgan fingerprint density at radius 1 is 1.15 bits per heavy atom. The van der Waals surface area contributed by atoms with Gasteiger partial charge in [0, 0.05) is 13.1 Å². The van der Waals surface area contributed by atoms with Gasteiger partial charge in [-0.1, -0.05) is 20.8 Å². The van der Waals surface area contributed by atoms with Crippen LogP contribution >= 0.6 is 0 Å². The monoisotopic (exact) mass is 183 g/mol. The lowest BCUT2D eigenvalue weighted by Crippen LogP contribution is -2.50. The van der Waals surface area contributed by atoms with Crippen molar-refractivity contribution in [3.05, 3.63) is 0 Å². The molecular formula is C11H21NO. The third-order valence-electron chi connectivity index (χ3n) is 3.13. The summed E-state index contributed by atoms with van der Waals surface area (Å²) >= 11 is 0. The summed E-state index contributed by atoms with van der Waals surface area (Å²) < 4.78 is 6.11. The van der Waals surface area contributed by atoms with Crippen LogP contribution in [-0.2, 0) is 4.74 Å². The minimum atomic E-state index is 0.278. The molecule has 2 atom stereocenters. The molecule has 0 spiro atoms. The zero-order chi connectivity index (χ0) is 9.47. The van der Waals surface area contributed by atoms with Gasteiger partial charge in [0.15, 0.2) is 0 Å². The number of nitrogens with one attached hydrogen (secondary N) is 1. The van der Waals surface area contributed by atoms with Crippen LogP contribution in [0.15, 0.2) is 0 Å². The number of ether oxygens (including phenoxy) is 1. The highest BCUT2D eigenvalue weighted by atomic mass is 16.5. The van der Waals surface area contributed by atoms with E-state index >= 15 is 0 Å². The summed E-state index contributed by atoms with van der Waals surface area (Å²) in [6, 6.07) is 0. The van der Waals surface area contributed by atoms with Crippen molar-refractivity contribution in [1.82, 2.24) is 5.32 Å². The first kappa shape index (κ1) is 9.47. The van der Waals surface area contributed by atoms with E-state index in [2.05, 4.69) is 26.1 Å². The molecule has 1 aliphatic carbocycles. The lowest BCUT2D eigenvalue weighted by atomic mass is 9.88. The van der Waals surface area contributed by atoms with Gasteiger partial charge in [-0.15, -0.1) is 0 Å². The molecule has 2 rings (SSSR count). The molecular weight excluding hydrogens is 162 g/mol. The van der Waals surface area contributed by atoms with Gasteiger partial charge in [-0.25, -0.2) is 0 Å². The smallest absolute Gasteiger partial charge is 0.0752 e. The average Bonchev–Trinajstić information content (AvgIpc) is 2.85. The molecule has 0 bridgehead atoms. The average molecular weight is 183 g/mol. The van der Waals surface area contributed by atoms with E-state index in [1.54, 1.807) is 0 Å². The Bertz CT molecular complexity index is 181. The van der Waals surface area contributed by atoms with Crippen LogP contribution in [0.4, 0.5) is 0 Å². The summed E-state index contributed by atoms with van der Waals surface area (Å²) in [5, 5.41) is 3.49. The summed E-state index contributed by atoms with van der Waals surface area (Å²) in [5.74, 6) is 0.859. The van der Waals surface area contributed by atoms with Gasteiger partial charge in [0.1, 0.15) is 0 Å². The normalized spacial score (nSPS) is 36.2. The predicted molar refractivity (Wildman–Crippen MR) is 53.7 cm³/mol. The van der Waals surface area contributed by atoms with Crippen molar-refractivity contribution in [1.29, 1.82) is 0 Å². The zero-order valence-corrected chi connectivity index (χ0v) is 8.97. The van der Waals surface area contributed by atoms with Crippen LogP contribution in [0.5, 0.6) is 0 Å². The first-order valence-electron chi connectivity index (χ1n) is 5.43. The Labute approximate surface area is 81.0 Å². The van der Waals surface area contributed by atoms with E-state index in [9.17, 15) is 0 Å². The third kappa shape index (κ3) is 2.23. The molecule has 0 amide bonds. The van der Waals surface area contributed by atoms with Crippen LogP contribution in [0.3, 0.4) is 0 Å². The molecule has 2 unspecified atom stereocenters. The number of morpholine rings is 1. The maximum absolute atomic E-state index is 6.11. The Balaban J connectivity index is 1.91. The second kappa shape index (κ2) is 3.25. The topological polar surface area (TPSA) is 21.3 Å². The molecule has 1 N–H and O–H groups in total. The fourth-order valence-electron chi connectivity index (χ4n) is 1.92. The maximum atomic E-state index is 6.11. The second-order valence-electron chi connectivity index (χ2n) is 5.52. The van der Waals surface area contributed by atoms with E-state index < -0.39 is 0 Å². The van der Waals surface area contributed by atoms with Crippen LogP contribution in [-0.4, -0.2) is 25.3 Å². The van der Waals surface area contributed by atoms with Gasteiger partial charge in [-0.05, 0) is 24.2 Å². The summed E-state index contributed by atoms with van der Waals surface area (Å²) in [4.78, 5) is 0. The molecule has 76 valence electrons. The predicted octanol–water partition coefficient (Wildman–Crippen LogP) is 1.80. The van der Waals surface area contributed by atoms with E-state index in [4.69, 9.17) is 4.74 Å². The van der Waals surface area contributed by atoms with E-state index in [1.165, 1.54) is 12.8 Å². The van der Waals surface area contributed by atoms with Crippen LogP contribution in [0, 0.1) is 11.3 Å². The molecule has 1 aliphatic heterocycles. The van der Waals surface area contributed by atoms with Gasteiger partial charge in [0.25, 0.3) is 0 Å². The summed E-state index contributed by atoms with van der Waals surface area (Å²) in [6.45, 7) is 8.86. The minimum Gasteiger partial charge on any atom is -0.372 e. The molecule has 1 heterocycles. The molecule has 0 radical (unpaired) electrons. The second-order valence-corrected chi connectivity index (χ2v) is 5.52. The maximum Gasteiger partial charge on any atom is 0.0752 e. The minimum absolute atomic E-state index is 0.278. The lowest BCUT2D eigenvalue weighted by Gasteiger charge is -2.38. The third-order valence-corrected chi connectivity index (χ3v) is 3.13. The highest BCUT2D eigenvalue weighted by Gasteiger charge is 2.38. The highest BCUT2D eigenvalue weighted by molar-refractivity contribution is 4.90. The Hall–Kier alpha value is -0.0800. The summed E-state index contributed by atoms with van der Waals surface area (Å²) in [6.07, 6.45) is 3.65. The van der Waals surface area contributed by atoms with E-state index in [0.29, 0.717) is 12.2 Å². The molecule has 0 aromatic heterocycles. The zero-order valence-electron chi connectivity index (χ0n) is 8.97. The molecule has 2 heteroatoms. The Morgan fingerprint density at radius 3 is 2.38 bits per heavy atom. The van der Waals surface area contributed by atoms with Gasteiger partial charge < -0.3 is 10.1 Å². The van der Waals surface area contributed by atoms with Crippen molar-refractivity contribution in [2.75, 3.05) is 13.1 Å². The highest BCUT2D eigenvalue weighted by Crippen LogP contribution is 2.37. The van der Waals surface area contributed by atoms with E-state index in [-0.39, 0.29) is 5.41 Å². The van der Waals surface area contributed by atoms with E-state index in [1.807, 2.05) is 0 Å². The molecule has 0 aromatic rings. The largest absolute Gasteiger partial charge is 0.372 e. The molecule has 0 aromatic carbocycles. The fourth-order valence-corrected chi connectivity index (χ4v) is 1.92. The molecule has 13 heavy (non-hydrogen) atoms. The first-order valence-corrected chi connectivity index (χ1v) is 5.43. The molecule has 1 saturated carbocycles. The Morgan fingerprint density at radius 2 is 1.85 bits per heavy atom. The van der Waals surface area contributed by atoms with Gasteiger partial charge in [0.05, 0.1) is 12.2 Å². The Kier molecular flexibility index (Phi) is 2.37. The van der Waals surface area contributed by atoms with Crippen molar-refractivity contribution >= 4 is 0 Å². The summed E-state index contributed by atoms with van der Waals surface area (Å²) in [7, 11) is 0. The molecule has 2 aliphatic rings. The SMILES string of the molecule is CC(C)(C)C1CNCC(C2CC2)O1. The summed E-state index contributed by atoms with van der Waals surface area (Å²) in [5.41, 5.74) is 0.278. The van der Waals surface area contributed by atoms with Crippen LogP contribution in [0.1, 0.15) is 33.6 Å². The van der Waals surface area contributed by atoms with Crippen LogP contribution in [0.2, 0.25) is 0 Å². The van der Waals surface area contributed by atoms with Crippen LogP contribution < -0.4 is 5.32 Å². The van der Waals surface area contributed by atoms with Crippen molar-refractivity contribution in [2.24, 2.45) is 11.3 Å². The molecule has 1 saturated heterocycles. The molecule has 2 fully saturated rings. The quantitative estimate of drug-likeness (QED) is 0.669. The fraction of sp³-hybridized carbons (Fsp3) is 1.00. The number of hydrogen-bond acceptors (Lipinski definition) is 2. The van der Waals surface area contributed by atoms with Crippen molar-refractivity contribution in [3.8, 4) is 0 Å². The lowest BCUT2D eigenvalue weighted by molar-refractivity contribution is -0.0944.